The van der Waals surface area contributed by atoms with Crippen molar-refractivity contribution < 1.29 is 36.6 Å². The van der Waals surface area contributed by atoms with Gasteiger partial charge in [-0.1, -0.05) is 39.2 Å². The Morgan fingerprint density at radius 3 is 2.31 bits per heavy atom. The Labute approximate surface area is 278 Å². The minimum atomic E-state index is -5.05. The third kappa shape index (κ3) is 8.39. The number of hydrogen-bond donors (Lipinski definition) is 0. The van der Waals surface area contributed by atoms with Gasteiger partial charge in [-0.25, -0.2) is 4.79 Å². The number of halogens is 3. The van der Waals surface area contributed by atoms with E-state index in [2.05, 4.69) is 18.7 Å². The van der Waals surface area contributed by atoms with Crippen LogP contribution in [-0.2, 0) is 12.7 Å². The molecule has 2 heterocycles. The average molecular weight is 666 g/mol. The molecule has 0 spiro atoms. The van der Waals surface area contributed by atoms with Gasteiger partial charge in [0.2, 0.25) is 11.2 Å². The van der Waals surface area contributed by atoms with Crippen LogP contribution >= 0.6 is 0 Å². The van der Waals surface area contributed by atoms with Crippen LogP contribution in [0.2, 0.25) is 0 Å². The fourth-order valence-corrected chi connectivity index (χ4v) is 5.71. The largest absolute Gasteiger partial charge is 0.494 e. The molecule has 1 aromatic heterocycles. The van der Waals surface area contributed by atoms with Gasteiger partial charge in [0.1, 0.15) is 22.8 Å². The Hall–Kier alpha value is -4.31. The molecule has 0 unspecified atom stereocenters. The molecule has 5 rings (SSSR count). The highest BCUT2D eigenvalue weighted by molar-refractivity contribution is 5.92. The van der Waals surface area contributed by atoms with Crippen LogP contribution in [0.25, 0.3) is 11.0 Å². The smallest absolute Gasteiger partial charge is 0.453 e. The van der Waals surface area contributed by atoms with Crippen LogP contribution < -0.4 is 19.6 Å². The normalized spacial score (nSPS) is 14.3. The summed E-state index contributed by atoms with van der Waals surface area (Å²) in [6, 6.07) is 14.0. The standard InChI is InChI=1S/C38H42F3NO6/c1-5-6-7-8-21-45-28-13-10-27(11-14-28)37(44)47-32-16-15-30-33(43)35(46-29-12-9-25(3)26(4)22-29)36(38(39,40)41)48-34(30)31(32)23-42-19-17-24(2)18-20-42/h9-16,22,24H,5-8,17-21,23H2,1-4H3. The first-order valence-corrected chi connectivity index (χ1v) is 16.6. The second kappa shape index (κ2) is 15.3. The lowest BCUT2D eigenvalue weighted by Gasteiger charge is -2.30. The number of hydrogen-bond acceptors (Lipinski definition) is 7. The number of piperidine rings is 1. The van der Waals surface area contributed by atoms with Crippen molar-refractivity contribution in [3.05, 3.63) is 92.8 Å². The number of likely N-dealkylation sites (tertiary alicyclic amines) is 1. The maximum atomic E-state index is 14.5. The number of aryl methyl sites for hydroxylation is 2. The van der Waals surface area contributed by atoms with Gasteiger partial charge in [0.05, 0.1) is 23.1 Å². The van der Waals surface area contributed by atoms with Crippen LogP contribution in [0.4, 0.5) is 13.2 Å². The average Bonchev–Trinajstić information content (AvgIpc) is 3.05. The predicted octanol–water partition coefficient (Wildman–Crippen LogP) is 9.63. The lowest BCUT2D eigenvalue weighted by molar-refractivity contribution is -0.154. The molecule has 1 aliphatic rings. The Kier molecular flexibility index (Phi) is 11.1. The molecule has 0 bridgehead atoms. The van der Waals surface area contributed by atoms with Gasteiger partial charge in [-0.3, -0.25) is 9.69 Å². The zero-order valence-corrected chi connectivity index (χ0v) is 27.9. The summed E-state index contributed by atoms with van der Waals surface area (Å²) in [7, 11) is 0. The fourth-order valence-electron chi connectivity index (χ4n) is 5.71. The Bertz CT molecular complexity index is 1790. The van der Waals surface area contributed by atoms with Crippen molar-refractivity contribution in [2.75, 3.05) is 19.7 Å². The second-order valence-corrected chi connectivity index (χ2v) is 12.6. The number of nitrogens with zero attached hydrogens (tertiary/aromatic N) is 1. The monoisotopic (exact) mass is 665 g/mol. The molecule has 0 amide bonds. The molecule has 7 nitrogen and oxygen atoms in total. The van der Waals surface area contributed by atoms with Crippen LogP contribution in [0, 0.1) is 19.8 Å². The molecule has 48 heavy (non-hydrogen) atoms. The quantitative estimate of drug-likeness (QED) is 0.0847. The van der Waals surface area contributed by atoms with E-state index in [1.807, 2.05) is 6.92 Å². The molecular formula is C38H42F3NO6. The van der Waals surface area contributed by atoms with Gasteiger partial charge in [0.25, 0.3) is 5.76 Å². The first kappa shape index (κ1) is 35.0. The van der Waals surface area contributed by atoms with Crippen LogP contribution in [0.5, 0.6) is 23.0 Å². The van der Waals surface area contributed by atoms with E-state index in [-0.39, 0.29) is 40.1 Å². The highest BCUT2D eigenvalue weighted by atomic mass is 19.4. The molecule has 0 saturated carbocycles. The minimum Gasteiger partial charge on any atom is -0.494 e. The lowest BCUT2D eigenvalue weighted by Crippen LogP contribution is -2.32. The molecule has 3 aromatic carbocycles. The van der Waals surface area contributed by atoms with Gasteiger partial charge in [0, 0.05) is 6.54 Å². The molecule has 0 N–H and O–H groups in total. The van der Waals surface area contributed by atoms with Gasteiger partial charge in [-0.15, -0.1) is 0 Å². The topological polar surface area (TPSA) is 78.2 Å². The number of ether oxygens (including phenoxy) is 3. The van der Waals surface area contributed by atoms with E-state index < -0.39 is 29.1 Å². The van der Waals surface area contributed by atoms with Crippen LogP contribution in [0.1, 0.15) is 85.2 Å². The Morgan fingerprint density at radius 1 is 0.938 bits per heavy atom. The summed E-state index contributed by atoms with van der Waals surface area (Å²) < 4.78 is 66.3. The molecule has 256 valence electrons. The van der Waals surface area contributed by atoms with Gasteiger partial charge in [-0.2, -0.15) is 13.2 Å². The number of carbonyl (C=O) groups is 1. The zero-order chi connectivity index (χ0) is 34.4. The van der Waals surface area contributed by atoms with Crippen molar-refractivity contribution in [3.63, 3.8) is 0 Å². The third-order valence-corrected chi connectivity index (χ3v) is 8.85. The van der Waals surface area contributed by atoms with E-state index in [1.165, 1.54) is 18.2 Å². The van der Waals surface area contributed by atoms with Gasteiger partial charge in [-0.05, 0) is 112 Å². The van der Waals surface area contributed by atoms with Crippen molar-refractivity contribution in [1.29, 1.82) is 0 Å². The van der Waals surface area contributed by atoms with E-state index in [4.69, 9.17) is 18.6 Å². The number of unbranched alkanes of at least 4 members (excludes halogenated alkanes) is 3. The summed E-state index contributed by atoms with van der Waals surface area (Å²) in [4.78, 5) is 29.1. The van der Waals surface area contributed by atoms with Crippen LogP contribution in [0.15, 0.2) is 63.8 Å². The molecule has 10 heteroatoms. The summed E-state index contributed by atoms with van der Waals surface area (Å²) >= 11 is 0. The molecule has 1 fully saturated rings. The van der Waals surface area contributed by atoms with Crippen molar-refractivity contribution in [2.45, 2.75) is 78.9 Å². The molecule has 1 aliphatic heterocycles. The summed E-state index contributed by atoms with van der Waals surface area (Å²) in [5.41, 5.74) is 0.864. The van der Waals surface area contributed by atoms with E-state index in [9.17, 15) is 22.8 Å². The highest BCUT2D eigenvalue weighted by Gasteiger charge is 2.41. The van der Waals surface area contributed by atoms with Crippen molar-refractivity contribution in [3.8, 4) is 23.0 Å². The lowest BCUT2D eigenvalue weighted by atomic mass is 9.98. The molecule has 0 radical (unpaired) electrons. The number of fused-ring (bicyclic) bond motifs is 1. The second-order valence-electron chi connectivity index (χ2n) is 12.6. The summed E-state index contributed by atoms with van der Waals surface area (Å²) in [5.74, 6) is -1.99. The van der Waals surface area contributed by atoms with E-state index in [1.54, 1.807) is 43.3 Å². The predicted molar refractivity (Wildman–Crippen MR) is 178 cm³/mol. The van der Waals surface area contributed by atoms with Gasteiger partial charge in [0.15, 0.2) is 0 Å². The summed E-state index contributed by atoms with van der Waals surface area (Å²) in [5, 5.41) is -0.109. The number of benzene rings is 3. The van der Waals surface area contributed by atoms with Crippen molar-refractivity contribution in [2.24, 2.45) is 5.92 Å². The summed E-state index contributed by atoms with van der Waals surface area (Å²) in [6.07, 6.45) is 1.04. The van der Waals surface area contributed by atoms with Crippen LogP contribution in [0.3, 0.4) is 0 Å². The SMILES string of the molecule is CCCCCCOc1ccc(C(=O)Oc2ccc3c(=O)c(Oc4ccc(C)c(C)c4)c(C(F)(F)F)oc3c2CN2CCC(C)CC2)cc1. The molecule has 0 aliphatic carbocycles. The van der Waals surface area contributed by atoms with Crippen molar-refractivity contribution >= 4 is 16.9 Å². The maximum absolute atomic E-state index is 14.5. The highest BCUT2D eigenvalue weighted by Crippen LogP contribution is 2.41. The van der Waals surface area contributed by atoms with E-state index in [0.29, 0.717) is 31.4 Å². The molecular weight excluding hydrogens is 623 g/mol. The third-order valence-electron chi connectivity index (χ3n) is 8.85. The van der Waals surface area contributed by atoms with Gasteiger partial charge >= 0.3 is 12.1 Å². The van der Waals surface area contributed by atoms with E-state index >= 15 is 0 Å². The molecule has 1 saturated heterocycles. The maximum Gasteiger partial charge on any atom is 0.453 e. The number of esters is 1. The van der Waals surface area contributed by atoms with Crippen LogP contribution in [-0.4, -0.2) is 30.6 Å². The zero-order valence-electron chi connectivity index (χ0n) is 27.9. The number of carbonyl (C=O) groups excluding carboxylic acids is 1. The van der Waals surface area contributed by atoms with Crippen molar-refractivity contribution in [1.82, 2.24) is 4.90 Å². The Balaban J connectivity index is 1.51. The molecule has 4 aromatic rings. The Morgan fingerprint density at radius 2 is 1.65 bits per heavy atom. The molecule has 0 atom stereocenters. The number of alkyl halides is 3. The van der Waals surface area contributed by atoms with Gasteiger partial charge < -0.3 is 18.6 Å². The van der Waals surface area contributed by atoms with E-state index in [0.717, 1.165) is 49.7 Å². The minimum absolute atomic E-state index is 0.0153. The first-order valence-electron chi connectivity index (χ1n) is 16.6. The summed E-state index contributed by atoms with van der Waals surface area (Å²) in [6.45, 7) is 10.0. The number of rotatable bonds is 12. The fraction of sp³-hybridized carbons (Fsp3) is 0.421. The first-order chi connectivity index (χ1) is 22.9.